The summed E-state index contributed by atoms with van der Waals surface area (Å²) < 4.78 is 14.0. The van der Waals surface area contributed by atoms with Gasteiger partial charge in [-0.05, 0) is 87.3 Å². The summed E-state index contributed by atoms with van der Waals surface area (Å²) in [7, 11) is 0. The summed E-state index contributed by atoms with van der Waals surface area (Å²) in [5.41, 5.74) is 6.13. The Morgan fingerprint density at radius 3 is 2.60 bits per heavy atom. The van der Waals surface area contributed by atoms with Crippen molar-refractivity contribution in [1.29, 1.82) is 0 Å². The van der Waals surface area contributed by atoms with Crippen LogP contribution in [-0.2, 0) is 24.4 Å². The van der Waals surface area contributed by atoms with E-state index in [1.807, 2.05) is 37.3 Å². The second-order valence-electron chi connectivity index (χ2n) is 11.6. The van der Waals surface area contributed by atoms with Crippen molar-refractivity contribution in [3.8, 4) is 5.88 Å². The maximum atomic E-state index is 11.6. The summed E-state index contributed by atoms with van der Waals surface area (Å²) >= 11 is 0. The number of carboxylic acid groups (broad SMARTS) is 1. The third kappa shape index (κ3) is 5.96. The number of piperidine rings is 1. The largest absolute Gasteiger partial charge is 0.478 e. The van der Waals surface area contributed by atoms with Crippen LogP contribution in [0, 0.1) is 6.92 Å². The van der Waals surface area contributed by atoms with Crippen LogP contribution >= 0.6 is 0 Å². The molecule has 220 valence electrons. The van der Waals surface area contributed by atoms with Crippen LogP contribution in [-0.4, -0.2) is 61.3 Å². The molecule has 0 saturated carbocycles. The van der Waals surface area contributed by atoms with Crippen LogP contribution in [0.2, 0.25) is 0 Å². The van der Waals surface area contributed by atoms with E-state index in [1.54, 1.807) is 12.1 Å². The van der Waals surface area contributed by atoms with Gasteiger partial charge in [-0.3, -0.25) is 9.88 Å². The molecule has 0 aliphatic carbocycles. The van der Waals surface area contributed by atoms with Gasteiger partial charge in [0.25, 0.3) is 0 Å². The van der Waals surface area contributed by atoms with Gasteiger partial charge in [0.2, 0.25) is 5.88 Å². The summed E-state index contributed by atoms with van der Waals surface area (Å²) in [5.74, 6) is 1.05. The van der Waals surface area contributed by atoms with Gasteiger partial charge in [0.15, 0.2) is 0 Å². The molecule has 0 bridgehead atoms. The zero-order chi connectivity index (χ0) is 29.3. The molecule has 1 unspecified atom stereocenters. The lowest BCUT2D eigenvalue weighted by molar-refractivity contribution is -0.0592. The summed E-state index contributed by atoms with van der Waals surface area (Å²) in [6.45, 7) is 6.52. The van der Waals surface area contributed by atoms with Gasteiger partial charge in [-0.15, -0.1) is 0 Å². The van der Waals surface area contributed by atoms with Crippen molar-refractivity contribution in [3.05, 3.63) is 95.1 Å². The third-order valence-corrected chi connectivity index (χ3v) is 8.65. The standard InChI is InChI=1S/C34H35N5O4/c1-22-5-7-25-17-23(6-9-29(25)35-22)21-43-33-4-2-3-28(37-33)24-11-14-38(15-12-24)20-32-36-30-10-8-26(34(40)41)18-31(30)39(32)19-27-13-16-42-27/h2-10,17-18,24,27H,11-16,19-21H2,1H3,(H,40,41). The molecule has 7 rings (SSSR count). The molecule has 2 aliphatic heterocycles. The molecule has 3 aromatic heterocycles. The van der Waals surface area contributed by atoms with Crippen LogP contribution in [0.25, 0.3) is 21.9 Å². The number of ether oxygens (including phenoxy) is 2. The van der Waals surface area contributed by atoms with Crippen LogP contribution in [0.15, 0.2) is 66.7 Å². The molecule has 5 heterocycles. The van der Waals surface area contributed by atoms with Gasteiger partial charge >= 0.3 is 5.97 Å². The molecule has 2 aromatic carbocycles. The number of pyridine rings is 2. The van der Waals surface area contributed by atoms with Gasteiger partial charge in [-0.25, -0.2) is 14.8 Å². The van der Waals surface area contributed by atoms with E-state index in [2.05, 4.69) is 38.7 Å². The van der Waals surface area contributed by atoms with Crippen molar-refractivity contribution in [2.45, 2.75) is 57.9 Å². The number of aryl methyl sites for hydroxylation is 1. The zero-order valence-corrected chi connectivity index (χ0v) is 24.3. The van der Waals surface area contributed by atoms with Crippen molar-refractivity contribution >= 4 is 27.9 Å². The van der Waals surface area contributed by atoms with E-state index in [-0.39, 0.29) is 11.7 Å². The van der Waals surface area contributed by atoms with Gasteiger partial charge in [0, 0.05) is 35.4 Å². The molecular weight excluding hydrogens is 542 g/mol. The fraction of sp³-hybridized carbons (Fsp3) is 0.353. The lowest BCUT2D eigenvalue weighted by Crippen LogP contribution is -2.35. The van der Waals surface area contributed by atoms with Crippen LogP contribution in [0.3, 0.4) is 0 Å². The Bertz CT molecular complexity index is 1790. The van der Waals surface area contributed by atoms with Crippen molar-refractivity contribution < 1.29 is 19.4 Å². The minimum atomic E-state index is -0.928. The SMILES string of the molecule is Cc1ccc2cc(COc3cccc(C4CCN(Cc5nc6ccc(C(=O)O)cc6n5CC5CCO5)CC4)n3)ccc2n1. The lowest BCUT2D eigenvalue weighted by atomic mass is 9.93. The second-order valence-corrected chi connectivity index (χ2v) is 11.6. The van der Waals surface area contributed by atoms with Crippen molar-refractivity contribution in [1.82, 2.24) is 24.4 Å². The number of benzene rings is 2. The van der Waals surface area contributed by atoms with Crippen LogP contribution in [0.5, 0.6) is 5.88 Å². The molecule has 0 radical (unpaired) electrons. The molecule has 5 aromatic rings. The molecule has 2 saturated heterocycles. The van der Waals surface area contributed by atoms with E-state index in [1.165, 1.54) is 0 Å². The average Bonchev–Trinajstić information content (AvgIpc) is 3.34. The summed E-state index contributed by atoms with van der Waals surface area (Å²) in [6, 6.07) is 21.6. The smallest absolute Gasteiger partial charge is 0.335 e. The van der Waals surface area contributed by atoms with Gasteiger partial charge < -0.3 is 19.1 Å². The normalized spacial score (nSPS) is 17.7. The number of carbonyl (C=O) groups is 1. The Morgan fingerprint density at radius 1 is 0.977 bits per heavy atom. The highest BCUT2D eigenvalue weighted by atomic mass is 16.5. The maximum Gasteiger partial charge on any atom is 0.335 e. The number of fused-ring (bicyclic) bond motifs is 2. The lowest BCUT2D eigenvalue weighted by Gasteiger charge is -2.32. The minimum absolute atomic E-state index is 0.151. The average molecular weight is 578 g/mol. The van der Waals surface area contributed by atoms with Gasteiger partial charge in [-0.1, -0.05) is 18.2 Å². The number of hydrogen-bond donors (Lipinski definition) is 1. The van der Waals surface area contributed by atoms with E-state index in [4.69, 9.17) is 19.4 Å². The molecule has 0 amide bonds. The van der Waals surface area contributed by atoms with Crippen LogP contribution in [0.4, 0.5) is 0 Å². The molecule has 9 heteroatoms. The number of imidazole rings is 1. The quantitative estimate of drug-likeness (QED) is 0.237. The van der Waals surface area contributed by atoms with E-state index in [0.717, 1.165) is 83.7 Å². The highest BCUT2D eigenvalue weighted by Gasteiger charge is 2.26. The van der Waals surface area contributed by atoms with Crippen molar-refractivity contribution in [3.63, 3.8) is 0 Å². The maximum absolute atomic E-state index is 11.6. The highest BCUT2D eigenvalue weighted by Crippen LogP contribution is 2.30. The first kappa shape index (κ1) is 27.5. The van der Waals surface area contributed by atoms with Crippen molar-refractivity contribution in [2.24, 2.45) is 0 Å². The van der Waals surface area contributed by atoms with Gasteiger partial charge in [0.05, 0.1) is 41.3 Å². The Morgan fingerprint density at radius 2 is 1.81 bits per heavy atom. The Hall–Kier alpha value is -4.34. The number of aromatic carboxylic acids is 1. The van der Waals surface area contributed by atoms with E-state index >= 15 is 0 Å². The molecule has 1 atom stereocenters. The van der Waals surface area contributed by atoms with Crippen molar-refractivity contribution in [2.75, 3.05) is 19.7 Å². The molecule has 43 heavy (non-hydrogen) atoms. The Kier molecular flexibility index (Phi) is 7.51. The van der Waals surface area contributed by atoms with E-state index in [9.17, 15) is 9.90 Å². The van der Waals surface area contributed by atoms with Crippen LogP contribution < -0.4 is 4.74 Å². The predicted octanol–water partition coefficient (Wildman–Crippen LogP) is 5.73. The Balaban J connectivity index is 0.996. The fourth-order valence-electron chi connectivity index (χ4n) is 6.11. The fourth-order valence-corrected chi connectivity index (χ4v) is 6.11. The monoisotopic (exact) mass is 577 g/mol. The minimum Gasteiger partial charge on any atom is -0.478 e. The van der Waals surface area contributed by atoms with E-state index in [0.29, 0.717) is 31.5 Å². The number of hydrogen-bond acceptors (Lipinski definition) is 7. The summed E-state index contributed by atoms with van der Waals surface area (Å²) in [5, 5.41) is 10.6. The topological polar surface area (TPSA) is 103 Å². The molecule has 2 aliphatic rings. The zero-order valence-electron chi connectivity index (χ0n) is 24.3. The Labute approximate surface area is 250 Å². The number of likely N-dealkylation sites (tertiary alicyclic amines) is 1. The van der Waals surface area contributed by atoms with Crippen LogP contribution in [0.1, 0.15) is 58.3 Å². The number of rotatable bonds is 9. The van der Waals surface area contributed by atoms with E-state index < -0.39 is 5.97 Å². The number of aromatic nitrogens is 4. The molecule has 0 spiro atoms. The first-order valence-corrected chi connectivity index (χ1v) is 15.0. The molecule has 2 fully saturated rings. The van der Waals surface area contributed by atoms with Gasteiger partial charge in [-0.2, -0.15) is 0 Å². The molecule has 9 nitrogen and oxygen atoms in total. The second kappa shape index (κ2) is 11.7. The first-order valence-electron chi connectivity index (χ1n) is 15.0. The molecular formula is C34H35N5O4. The third-order valence-electron chi connectivity index (χ3n) is 8.65. The summed E-state index contributed by atoms with van der Waals surface area (Å²) in [4.78, 5) is 28.4. The predicted molar refractivity (Wildman–Crippen MR) is 163 cm³/mol. The summed E-state index contributed by atoms with van der Waals surface area (Å²) in [6.07, 6.45) is 3.17. The first-order chi connectivity index (χ1) is 21.0. The highest BCUT2D eigenvalue weighted by molar-refractivity contribution is 5.92. The number of carboxylic acids is 1. The molecule has 1 N–H and O–H groups in total. The van der Waals surface area contributed by atoms with Gasteiger partial charge in [0.1, 0.15) is 12.4 Å². The number of nitrogens with zero attached hydrogens (tertiary/aromatic N) is 5.